The number of carbonyl (C=O) groups excluding carboxylic acids is 1. The molecule has 0 saturated carbocycles. The number of carbonyl (C=O) groups is 1. The Hall–Kier alpha value is -2.06. The summed E-state index contributed by atoms with van der Waals surface area (Å²) in [6.45, 7) is 0. The molecule has 0 radical (unpaired) electrons. The number of hydrogen-bond donors (Lipinski definition) is 0. The largest absolute Gasteiger partial charge is 0.465 e. The van der Waals surface area contributed by atoms with Gasteiger partial charge in [0.15, 0.2) is 4.32 Å². The van der Waals surface area contributed by atoms with E-state index in [1.54, 1.807) is 12.1 Å². The molecule has 2 heterocycles. The van der Waals surface area contributed by atoms with Crippen LogP contribution in [0.25, 0.3) is 6.08 Å². The van der Waals surface area contributed by atoms with Crippen LogP contribution in [0.5, 0.6) is 0 Å². The number of alkyl halides is 3. The maximum absolute atomic E-state index is 12.8. The Kier molecular flexibility index (Phi) is 4.03. The zero-order valence-corrected chi connectivity index (χ0v) is 13.0. The van der Waals surface area contributed by atoms with Gasteiger partial charge in [0.25, 0.3) is 5.91 Å². The Labute approximate surface area is 138 Å². The lowest BCUT2D eigenvalue weighted by Crippen LogP contribution is -2.27. The zero-order chi connectivity index (χ0) is 16.6. The van der Waals surface area contributed by atoms with Crippen LogP contribution in [0.4, 0.5) is 18.9 Å². The summed E-state index contributed by atoms with van der Waals surface area (Å²) < 4.78 is 43.7. The molecule has 118 valence electrons. The summed E-state index contributed by atoms with van der Waals surface area (Å²) in [5.74, 6) is -0.00901. The molecule has 1 aromatic carbocycles. The second-order valence-corrected chi connectivity index (χ2v) is 6.26. The van der Waals surface area contributed by atoms with E-state index in [4.69, 9.17) is 16.6 Å². The predicted molar refractivity (Wildman–Crippen MR) is 85.8 cm³/mol. The van der Waals surface area contributed by atoms with Crippen molar-refractivity contribution in [2.45, 2.75) is 6.18 Å². The average molecular weight is 355 g/mol. The van der Waals surface area contributed by atoms with Crippen molar-refractivity contribution >= 4 is 46.0 Å². The number of amides is 1. The Balaban J connectivity index is 1.95. The molecule has 0 N–H and O–H groups in total. The van der Waals surface area contributed by atoms with Gasteiger partial charge in [0.05, 0.1) is 22.4 Å². The summed E-state index contributed by atoms with van der Waals surface area (Å²) in [5, 5.41) is 0. The fourth-order valence-electron chi connectivity index (χ4n) is 2.01. The maximum atomic E-state index is 12.8. The highest BCUT2D eigenvalue weighted by atomic mass is 32.2. The molecule has 0 unspecified atom stereocenters. The molecular formula is C15H8F3NO2S2. The molecule has 0 spiro atoms. The first-order chi connectivity index (χ1) is 10.9. The normalized spacial score (nSPS) is 17.3. The molecule has 1 aromatic heterocycles. The number of furan rings is 1. The van der Waals surface area contributed by atoms with Crippen molar-refractivity contribution in [1.29, 1.82) is 0 Å². The smallest absolute Gasteiger partial charge is 0.416 e. The zero-order valence-electron chi connectivity index (χ0n) is 11.3. The average Bonchev–Trinajstić information content (AvgIpc) is 3.08. The minimum atomic E-state index is -4.49. The van der Waals surface area contributed by atoms with Gasteiger partial charge >= 0.3 is 6.18 Å². The van der Waals surface area contributed by atoms with Crippen LogP contribution in [-0.4, -0.2) is 10.2 Å². The van der Waals surface area contributed by atoms with Crippen molar-refractivity contribution in [3.05, 3.63) is 58.9 Å². The first kappa shape index (κ1) is 15.8. The lowest BCUT2D eigenvalue weighted by Gasteiger charge is -2.16. The minimum absolute atomic E-state index is 0.0881. The van der Waals surface area contributed by atoms with Crippen LogP contribution in [0.3, 0.4) is 0 Å². The predicted octanol–water partition coefficient (Wildman–Crippen LogP) is 4.70. The first-order valence-electron chi connectivity index (χ1n) is 6.35. The summed E-state index contributed by atoms with van der Waals surface area (Å²) in [4.78, 5) is 13.8. The Morgan fingerprint density at radius 2 is 2.00 bits per heavy atom. The van der Waals surface area contributed by atoms with Gasteiger partial charge in [0.1, 0.15) is 5.76 Å². The second-order valence-electron chi connectivity index (χ2n) is 4.58. The summed E-state index contributed by atoms with van der Waals surface area (Å²) in [6, 6.07) is 7.83. The van der Waals surface area contributed by atoms with E-state index >= 15 is 0 Å². The number of anilines is 1. The van der Waals surface area contributed by atoms with Gasteiger partial charge in [-0.1, -0.05) is 30.0 Å². The molecule has 1 fully saturated rings. The van der Waals surface area contributed by atoms with Crippen LogP contribution in [0.15, 0.2) is 52.0 Å². The van der Waals surface area contributed by atoms with Gasteiger partial charge < -0.3 is 4.42 Å². The minimum Gasteiger partial charge on any atom is -0.465 e. The Bertz CT molecular complexity index is 797. The summed E-state index contributed by atoms with van der Waals surface area (Å²) in [5.41, 5.74) is -0.746. The van der Waals surface area contributed by atoms with Gasteiger partial charge in [-0.15, -0.1) is 0 Å². The fraction of sp³-hybridized carbons (Fsp3) is 0.0667. The molecule has 3 nitrogen and oxygen atoms in total. The molecule has 0 aliphatic carbocycles. The van der Waals surface area contributed by atoms with E-state index in [-0.39, 0.29) is 10.0 Å². The van der Waals surface area contributed by atoms with Crippen LogP contribution < -0.4 is 4.90 Å². The molecule has 0 bridgehead atoms. The van der Waals surface area contributed by atoms with E-state index in [0.29, 0.717) is 10.7 Å². The number of benzene rings is 1. The van der Waals surface area contributed by atoms with Crippen LogP contribution in [0.1, 0.15) is 11.3 Å². The number of hydrogen-bond acceptors (Lipinski definition) is 4. The van der Waals surface area contributed by atoms with Crippen LogP contribution in [0, 0.1) is 0 Å². The van der Waals surface area contributed by atoms with E-state index in [0.717, 1.165) is 28.8 Å². The molecule has 3 rings (SSSR count). The van der Waals surface area contributed by atoms with Gasteiger partial charge in [0.2, 0.25) is 0 Å². The fourth-order valence-corrected chi connectivity index (χ4v) is 3.29. The number of thiocarbonyl (C=S) groups is 1. The van der Waals surface area contributed by atoms with Crippen LogP contribution in [-0.2, 0) is 11.0 Å². The van der Waals surface area contributed by atoms with E-state index in [1.165, 1.54) is 24.5 Å². The Morgan fingerprint density at radius 1 is 1.22 bits per heavy atom. The third kappa shape index (κ3) is 3.18. The summed E-state index contributed by atoms with van der Waals surface area (Å²) >= 11 is 6.14. The number of thioether (sulfide) groups is 1. The molecule has 1 saturated heterocycles. The number of nitrogens with zero attached hydrogens (tertiary/aromatic N) is 1. The van der Waals surface area contributed by atoms with Gasteiger partial charge in [0, 0.05) is 6.08 Å². The quantitative estimate of drug-likeness (QED) is 0.577. The number of rotatable bonds is 2. The van der Waals surface area contributed by atoms with E-state index < -0.39 is 17.6 Å². The molecule has 23 heavy (non-hydrogen) atoms. The highest BCUT2D eigenvalue weighted by Crippen LogP contribution is 2.38. The van der Waals surface area contributed by atoms with Crippen molar-refractivity contribution in [3.63, 3.8) is 0 Å². The summed E-state index contributed by atoms with van der Waals surface area (Å²) in [7, 11) is 0. The van der Waals surface area contributed by atoms with Crippen LogP contribution in [0.2, 0.25) is 0 Å². The highest BCUT2D eigenvalue weighted by molar-refractivity contribution is 8.27. The molecule has 1 aliphatic rings. The highest BCUT2D eigenvalue weighted by Gasteiger charge is 2.36. The van der Waals surface area contributed by atoms with E-state index in [9.17, 15) is 18.0 Å². The Morgan fingerprint density at radius 3 is 2.65 bits per heavy atom. The summed E-state index contributed by atoms with van der Waals surface area (Å²) in [6.07, 6.45) is -1.52. The lowest BCUT2D eigenvalue weighted by molar-refractivity contribution is -0.137. The number of halogens is 3. The van der Waals surface area contributed by atoms with Crippen molar-refractivity contribution in [1.82, 2.24) is 0 Å². The molecule has 1 amide bonds. The monoisotopic (exact) mass is 355 g/mol. The standard InChI is InChI=1S/C15H8F3NO2S2/c16-15(17,18)9-3-1-4-10(7-9)19-13(20)12(23-14(19)22)8-11-5-2-6-21-11/h1-8H/b12-8+. The van der Waals surface area contributed by atoms with Crippen molar-refractivity contribution in [2.24, 2.45) is 0 Å². The van der Waals surface area contributed by atoms with Crippen molar-refractivity contribution in [2.75, 3.05) is 4.90 Å². The molecule has 1 aliphatic heterocycles. The van der Waals surface area contributed by atoms with Crippen molar-refractivity contribution in [3.8, 4) is 0 Å². The van der Waals surface area contributed by atoms with E-state index in [1.807, 2.05) is 0 Å². The molecular weight excluding hydrogens is 347 g/mol. The maximum Gasteiger partial charge on any atom is 0.416 e. The van der Waals surface area contributed by atoms with Gasteiger partial charge in [-0.05, 0) is 30.3 Å². The SMILES string of the molecule is O=C1/C(=C\c2ccco2)SC(=S)N1c1cccc(C(F)(F)F)c1. The first-order valence-corrected chi connectivity index (χ1v) is 7.57. The lowest BCUT2D eigenvalue weighted by atomic mass is 10.2. The molecule has 2 aromatic rings. The second kappa shape index (κ2) is 5.86. The third-order valence-electron chi connectivity index (χ3n) is 3.04. The molecule has 0 atom stereocenters. The topological polar surface area (TPSA) is 33.5 Å². The van der Waals surface area contributed by atoms with Crippen molar-refractivity contribution < 1.29 is 22.4 Å². The third-order valence-corrected chi connectivity index (χ3v) is 4.34. The molecule has 8 heteroatoms. The van der Waals surface area contributed by atoms with Gasteiger partial charge in [-0.25, -0.2) is 0 Å². The van der Waals surface area contributed by atoms with E-state index in [2.05, 4.69) is 0 Å². The van der Waals surface area contributed by atoms with Crippen LogP contribution >= 0.6 is 24.0 Å². The van der Waals surface area contributed by atoms with Gasteiger partial charge in [-0.2, -0.15) is 13.2 Å². The van der Waals surface area contributed by atoms with Gasteiger partial charge in [-0.3, -0.25) is 9.69 Å².